The molecular weight excluding hydrogens is 462 g/mol. The largest absolute Gasteiger partial charge is 0.444 e. The summed E-state index contributed by atoms with van der Waals surface area (Å²) in [5.41, 5.74) is -2.02. The molecule has 11 heteroatoms. The first-order valence-corrected chi connectivity index (χ1v) is 11.1. The number of rotatable bonds is 4. The first-order valence-electron chi connectivity index (χ1n) is 11.1. The lowest BCUT2D eigenvalue weighted by Crippen LogP contribution is -2.63. The molecule has 1 aliphatic rings. The van der Waals surface area contributed by atoms with E-state index in [-0.39, 0.29) is 36.0 Å². The zero-order chi connectivity index (χ0) is 26.1. The molecule has 0 saturated carbocycles. The van der Waals surface area contributed by atoms with Gasteiger partial charge in [0, 0.05) is 45.4 Å². The third kappa shape index (κ3) is 5.77. The maximum Gasteiger partial charge on any atom is 0.410 e. The van der Waals surface area contributed by atoms with Gasteiger partial charge in [0.1, 0.15) is 17.2 Å². The molecule has 1 fully saturated rings. The molecule has 1 aliphatic heterocycles. The maximum atomic E-state index is 14.1. The third-order valence-corrected chi connectivity index (χ3v) is 5.77. The highest BCUT2D eigenvalue weighted by molar-refractivity contribution is 5.94. The van der Waals surface area contributed by atoms with Gasteiger partial charge in [-0.15, -0.1) is 0 Å². The van der Waals surface area contributed by atoms with Gasteiger partial charge in [0.25, 0.3) is 5.91 Å². The lowest BCUT2D eigenvalue weighted by molar-refractivity contribution is -0.143. The van der Waals surface area contributed by atoms with Crippen molar-refractivity contribution in [2.24, 2.45) is 5.41 Å². The molecule has 3 amide bonds. The van der Waals surface area contributed by atoms with Crippen molar-refractivity contribution in [3.05, 3.63) is 41.6 Å². The quantitative estimate of drug-likeness (QED) is 0.701. The van der Waals surface area contributed by atoms with Crippen LogP contribution in [0.15, 0.2) is 28.8 Å². The molecule has 0 aliphatic carbocycles. The fourth-order valence-corrected chi connectivity index (χ4v) is 4.06. The molecule has 190 valence electrons. The average molecular weight is 493 g/mol. The van der Waals surface area contributed by atoms with E-state index in [1.54, 1.807) is 41.8 Å². The van der Waals surface area contributed by atoms with Crippen LogP contribution in [0.3, 0.4) is 0 Å². The van der Waals surface area contributed by atoms with Crippen molar-refractivity contribution in [1.29, 1.82) is 0 Å². The molecule has 1 aromatic carbocycles. The molecule has 2 atom stereocenters. The Balaban J connectivity index is 1.80. The summed E-state index contributed by atoms with van der Waals surface area (Å²) in [5, 5.41) is 6.52. The molecule has 0 bridgehead atoms. The summed E-state index contributed by atoms with van der Waals surface area (Å²) in [7, 11) is 3.19. The highest BCUT2D eigenvalue weighted by atomic mass is 19.1. The minimum absolute atomic E-state index is 0.0364. The molecule has 9 nitrogen and oxygen atoms in total. The Morgan fingerprint density at radius 3 is 2.51 bits per heavy atom. The summed E-state index contributed by atoms with van der Waals surface area (Å²) in [6.07, 6.45) is -0.249. The molecule has 1 N–H and O–H groups in total. The van der Waals surface area contributed by atoms with Crippen molar-refractivity contribution in [3.8, 4) is 11.3 Å². The number of halogens is 2. The summed E-state index contributed by atoms with van der Waals surface area (Å²) in [5.74, 6) is -2.54. The summed E-state index contributed by atoms with van der Waals surface area (Å²) in [6.45, 7) is 7.25. The predicted molar refractivity (Wildman–Crippen MR) is 122 cm³/mol. The van der Waals surface area contributed by atoms with Gasteiger partial charge in [0.05, 0.1) is 11.0 Å². The highest BCUT2D eigenvalue weighted by Crippen LogP contribution is 2.33. The molecule has 35 heavy (non-hydrogen) atoms. The van der Waals surface area contributed by atoms with Crippen LogP contribution in [-0.2, 0) is 9.53 Å². The molecule has 2 aromatic rings. The van der Waals surface area contributed by atoms with E-state index >= 15 is 0 Å². The number of amides is 3. The highest BCUT2D eigenvalue weighted by Gasteiger charge is 2.49. The molecule has 3 rings (SSSR count). The Morgan fingerprint density at radius 2 is 1.91 bits per heavy atom. The first-order chi connectivity index (χ1) is 16.2. The first kappa shape index (κ1) is 26.1. The van der Waals surface area contributed by atoms with E-state index in [1.165, 1.54) is 21.9 Å². The number of aromatic nitrogens is 1. The van der Waals surface area contributed by atoms with Gasteiger partial charge in [-0.3, -0.25) is 9.59 Å². The molecule has 0 spiro atoms. The SMILES string of the molecule is CN(C)C(=O)C1(C)CN(C(=O)OC(C)(C)C)CCC1NC(=O)c1cc(-c2ccc(F)cc2F)on1. The lowest BCUT2D eigenvalue weighted by atomic mass is 9.76. The number of nitrogens with zero attached hydrogens (tertiary/aromatic N) is 3. The van der Waals surface area contributed by atoms with Gasteiger partial charge >= 0.3 is 6.09 Å². The van der Waals surface area contributed by atoms with Gasteiger partial charge in [0.15, 0.2) is 11.5 Å². The normalized spacial score (nSPS) is 20.3. The van der Waals surface area contributed by atoms with Gasteiger partial charge < -0.3 is 24.4 Å². The van der Waals surface area contributed by atoms with Crippen molar-refractivity contribution in [2.75, 3.05) is 27.2 Å². The number of carbonyl (C=O) groups excluding carboxylic acids is 3. The van der Waals surface area contributed by atoms with Crippen molar-refractivity contribution in [2.45, 2.75) is 45.8 Å². The summed E-state index contributed by atoms with van der Waals surface area (Å²) < 4.78 is 37.8. The van der Waals surface area contributed by atoms with Crippen LogP contribution in [0.4, 0.5) is 13.6 Å². The Bertz CT molecular complexity index is 1130. The number of nitrogens with one attached hydrogen (secondary N) is 1. The zero-order valence-corrected chi connectivity index (χ0v) is 20.6. The van der Waals surface area contributed by atoms with Crippen molar-refractivity contribution in [3.63, 3.8) is 0 Å². The van der Waals surface area contributed by atoms with Gasteiger partial charge in [-0.05, 0) is 46.2 Å². The second kappa shape index (κ2) is 9.63. The number of likely N-dealkylation sites (tertiary alicyclic amines) is 1. The minimum atomic E-state index is -1.15. The van der Waals surface area contributed by atoms with E-state index in [0.717, 1.165) is 6.07 Å². The standard InChI is InChI=1S/C24H30F2N4O5/c1-23(2,3)34-22(33)30-10-9-19(24(4,13-30)21(32)29(5)6)27-20(31)17-12-18(35-28-17)15-8-7-14(25)11-16(15)26/h7-8,11-12,19H,9-10,13H2,1-6H3,(H,27,31). The number of hydrogen-bond acceptors (Lipinski definition) is 6. The molecule has 1 saturated heterocycles. The van der Waals surface area contributed by atoms with Crippen LogP contribution in [0.1, 0.15) is 44.6 Å². The lowest BCUT2D eigenvalue weighted by Gasteiger charge is -2.46. The number of ether oxygens (including phenoxy) is 1. The van der Waals surface area contributed by atoms with Gasteiger partial charge in [0.2, 0.25) is 5.91 Å². The van der Waals surface area contributed by atoms with Crippen LogP contribution >= 0.6 is 0 Å². The number of benzene rings is 1. The summed E-state index contributed by atoms with van der Waals surface area (Å²) >= 11 is 0. The van der Waals surface area contributed by atoms with Crippen LogP contribution in [0.25, 0.3) is 11.3 Å². The second-order valence-electron chi connectivity index (χ2n) is 10.0. The van der Waals surface area contributed by atoms with Crippen LogP contribution < -0.4 is 5.32 Å². The van der Waals surface area contributed by atoms with E-state index in [4.69, 9.17) is 9.26 Å². The zero-order valence-electron chi connectivity index (χ0n) is 20.6. The predicted octanol–water partition coefficient (Wildman–Crippen LogP) is 3.45. The van der Waals surface area contributed by atoms with Crippen molar-refractivity contribution < 1.29 is 32.4 Å². The van der Waals surface area contributed by atoms with Crippen molar-refractivity contribution >= 4 is 17.9 Å². The molecule has 2 unspecified atom stereocenters. The fourth-order valence-electron chi connectivity index (χ4n) is 4.06. The van der Waals surface area contributed by atoms with Crippen LogP contribution in [0, 0.1) is 17.0 Å². The Kier molecular flexibility index (Phi) is 7.18. The second-order valence-corrected chi connectivity index (χ2v) is 10.0. The summed E-state index contributed by atoms with van der Waals surface area (Å²) in [4.78, 5) is 41.6. The number of hydrogen-bond donors (Lipinski definition) is 1. The molecular formula is C24H30F2N4O5. The number of piperidine rings is 1. The van der Waals surface area contributed by atoms with Crippen molar-refractivity contribution in [1.82, 2.24) is 20.3 Å². The van der Waals surface area contributed by atoms with Crippen LogP contribution in [0.2, 0.25) is 0 Å². The van der Waals surface area contributed by atoms with Gasteiger partial charge in [-0.2, -0.15) is 0 Å². The monoisotopic (exact) mass is 492 g/mol. The molecule has 0 radical (unpaired) electrons. The summed E-state index contributed by atoms with van der Waals surface area (Å²) in [6, 6.07) is 3.57. The Labute approximate surface area is 202 Å². The molecule has 1 aromatic heterocycles. The Hall–Kier alpha value is -3.50. The van der Waals surface area contributed by atoms with Crippen LogP contribution in [0.5, 0.6) is 0 Å². The minimum Gasteiger partial charge on any atom is -0.444 e. The third-order valence-electron chi connectivity index (χ3n) is 5.77. The average Bonchev–Trinajstić information content (AvgIpc) is 3.23. The van der Waals surface area contributed by atoms with Gasteiger partial charge in [-0.25, -0.2) is 13.6 Å². The van der Waals surface area contributed by atoms with E-state index in [2.05, 4.69) is 10.5 Å². The van der Waals surface area contributed by atoms with E-state index in [0.29, 0.717) is 12.5 Å². The molecule has 2 heterocycles. The van der Waals surface area contributed by atoms with E-state index < -0.39 is 40.7 Å². The Morgan fingerprint density at radius 1 is 1.23 bits per heavy atom. The fraction of sp³-hybridized carbons (Fsp3) is 0.500. The van der Waals surface area contributed by atoms with E-state index in [9.17, 15) is 23.2 Å². The van der Waals surface area contributed by atoms with E-state index in [1.807, 2.05) is 0 Å². The van der Waals surface area contributed by atoms with Gasteiger partial charge in [-0.1, -0.05) is 5.16 Å². The topological polar surface area (TPSA) is 105 Å². The number of carbonyl (C=O) groups is 3. The van der Waals surface area contributed by atoms with Crippen LogP contribution in [-0.4, -0.2) is 71.7 Å². The smallest absolute Gasteiger partial charge is 0.410 e. The maximum absolute atomic E-state index is 14.1.